The fraction of sp³-hybridized carbons (Fsp3) is 0.450. The summed E-state index contributed by atoms with van der Waals surface area (Å²) in [6.45, 7) is 7.11. The third-order valence-electron chi connectivity index (χ3n) is 3.92. The molecule has 0 aliphatic rings. The summed E-state index contributed by atoms with van der Waals surface area (Å²) in [7, 11) is 0. The Morgan fingerprint density at radius 3 is 2.50 bits per heavy atom. The highest BCUT2D eigenvalue weighted by Crippen LogP contribution is 2.34. The number of hydrogen-bond acceptors (Lipinski definition) is 3. The molecule has 1 N–H and O–H groups in total. The van der Waals surface area contributed by atoms with Gasteiger partial charge in [0.15, 0.2) is 0 Å². The number of carbonyl (C=O) groups is 1. The first-order chi connectivity index (χ1) is 12.1. The van der Waals surface area contributed by atoms with E-state index < -0.39 is 23.9 Å². The molecule has 0 radical (unpaired) electrons. The van der Waals surface area contributed by atoms with Crippen LogP contribution in [-0.4, -0.2) is 27.5 Å². The van der Waals surface area contributed by atoms with E-state index in [-0.39, 0.29) is 17.6 Å². The van der Waals surface area contributed by atoms with E-state index in [2.05, 4.69) is 0 Å². The summed E-state index contributed by atoms with van der Waals surface area (Å²) in [4.78, 5) is 12.5. The predicted molar refractivity (Wildman–Crippen MR) is 98.2 cm³/mol. The molecule has 0 aliphatic heterocycles. The van der Waals surface area contributed by atoms with Gasteiger partial charge in [-0.3, -0.25) is 4.57 Å². The molecule has 0 saturated heterocycles. The number of fused-ring (bicyclic) bond motifs is 1. The molecule has 142 valence electrons. The number of para-hydroxylation sites is 1. The number of aliphatic hydroxyl groups is 1. The van der Waals surface area contributed by atoms with E-state index in [9.17, 15) is 18.7 Å². The Balaban J connectivity index is 2.54. The highest BCUT2D eigenvalue weighted by molar-refractivity contribution is 5.98. The van der Waals surface area contributed by atoms with Crippen LogP contribution in [-0.2, 0) is 4.74 Å². The summed E-state index contributed by atoms with van der Waals surface area (Å²) in [6, 6.07) is 6.81. The molecule has 4 nitrogen and oxygen atoms in total. The van der Waals surface area contributed by atoms with Gasteiger partial charge in [-0.2, -0.15) is 8.78 Å². The van der Waals surface area contributed by atoms with Gasteiger partial charge in [-0.1, -0.05) is 31.5 Å². The Morgan fingerprint density at radius 2 is 1.92 bits per heavy atom. The zero-order valence-electron chi connectivity index (χ0n) is 15.6. The number of nitrogens with zero attached hydrogens (tertiary/aromatic N) is 1. The molecule has 2 aromatic rings. The lowest BCUT2D eigenvalue weighted by molar-refractivity contribution is 0.0544. The van der Waals surface area contributed by atoms with Crippen LogP contribution in [0.3, 0.4) is 0 Å². The molecule has 6 heteroatoms. The van der Waals surface area contributed by atoms with Crippen molar-refractivity contribution in [1.82, 2.24) is 4.57 Å². The number of ether oxygens (including phenoxy) is 1. The highest BCUT2D eigenvalue weighted by atomic mass is 19.3. The second kappa shape index (κ2) is 7.99. The Labute approximate surface area is 152 Å². The lowest BCUT2D eigenvalue weighted by atomic mass is 9.98. The zero-order chi connectivity index (χ0) is 19.5. The fourth-order valence-corrected chi connectivity index (χ4v) is 2.84. The van der Waals surface area contributed by atoms with Gasteiger partial charge < -0.3 is 9.84 Å². The molecule has 2 rings (SSSR count). The quantitative estimate of drug-likeness (QED) is 0.752. The average Bonchev–Trinajstić information content (AvgIpc) is 2.90. The third kappa shape index (κ3) is 4.69. The number of benzene rings is 1. The summed E-state index contributed by atoms with van der Waals surface area (Å²) in [6.07, 6.45) is -1.02. The maximum absolute atomic E-state index is 13.6. The highest BCUT2D eigenvalue weighted by Gasteiger charge is 2.24. The second-order valence-electron chi connectivity index (χ2n) is 7.30. The van der Waals surface area contributed by atoms with Gasteiger partial charge in [-0.05, 0) is 33.3 Å². The van der Waals surface area contributed by atoms with Crippen molar-refractivity contribution in [3.05, 3.63) is 42.1 Å². The molecular weight excluding hydrogens is 340 g/mol. The van der Waals surface area contributed by atoms with Gasteiger partial charge in [0.25, 0.3) is 6.08 Å². The molecule has 1 atom stereocenters. The molecule has 0 fully saturated rings. The van der Waals surface area contributed by atoms with Gasteiger partial charge in [-0.25, -0.2) is 4.79 Å². The Hall–Kier alpha value is -2.21. The second-order valence-corrected chi connectivity index (χ2v) is 7.30. The standard InChI is InChI=1S/C20H25F2NO3/c1-5-8-13(24)11-15(18(21)22)16-12-23(19(25)26-20(2,3)4)17-10-7-6-9-14(16)17/h6-7,9-10,12-13,24H,5,8,11H2,1-4H3. The van der Waals surface area contributed by atoms with Crippen molar-refractivity contribution in [2.45, 2.75) is 58.7 Å². The molecule has 1 heterocycles. The van der Waals surface area contributed by atoms with Crippen molar-refractivity contribution in [2.24, 2.45) is 0 Å². The van der Waals surface area contributed by atoms with Crippen LogP contribution >= 0.6 is 0 Å². The Kier molecular flexibility index (Phi) is 6.18. The van der Waals surface area contributed by atoms with Crippen molar-refractivity contribution in [1.29, 1.82) is 0 Å². The lowest BCUT2D eigenvalue weighted by Gasteiger charge is -2.19. The molecule has 0 bridgehead atoms. The van der Waals surface area contributed by atoms with Gasteiger partial charge in [0.05, 0.1) is 11.6 Å². The average molecular weight is 365 g/mol. The van der Waals surface area contributed by atoms with E-state index in [0.717, 1.165) is 0 Å². The Morgan fingerprint density at radius 1 is 1.27 bits per heavy atom. The first kappa shape index (κ1) is 20.1. The Bertz CT molecular complexity index is 814. The molecule has 1 unspecified atom stereocenters. The number of hydrogen-bond donors (Lipinski definition) is 1. The van der Waals surface area contributed by atoms with Crippen LogP contribution < -0.4 is 0 Å². The number of halogens is 2. The van der Waals surface area contributed by atoms with Crippen LogP contribution in [0.1, 0.15) is 52.5 Å². The van der Waals surface area contributed by atoms with Gasteiger partial charge in [0.1, 0.15) is 5.60 Å². The van der Waals surface area contributed by atoms with Crippen LogP contribution in [0.15, 0.2) is 36.5 Å². The van der Waals surface area contributed by atoms with E-state index in [1.807, 2.05) is 6.92 Å². The minimum absolute atomic E-state index is 0.168. The molecule has 0 aliphatic carbocycles. The van der Waals surface area contributed by atoms with Crippen molar-refractivity contribution < 1.29 is 23.4 Å². The van der Waals surface area contributed by atoms with Crippen LogP contribution in [0.5, 0.6) is 0 Å². The normalized spacial score (nSPS) is 12.9. The lowest BCUT2D eigenvalue weighted by Crippen LogP contribution is -2.26. The first-order valence-electron chi connectivity index (χ1n) is 8.70. The SMILES string of the molecule is CCCC(O)CC(=C(F)F)c1cn(C(=O)OC(C)(C)C)c2ccccc12. The molecule has 0 spiro atoms. The minimum Gasteiger partial charge on any atom is -0.443 e. The van der Waals surface area contributed by atoms with Gasteiger partial charge in [-0.15, -0.1) is 0 Å². The van der Waals surface area contributed by atoms with Crippen molar-refractivity contribution in [2.75, 3.05) is 0 Å². The van der Waals surface area contributed by atoms with Crippen molar-refractivity contribution >= 4 is 22.6 Å². The van der Waals surface area contributed by atoms with Crippen molar-refractivity contribution in [3.63, 3.8) is 0 Å². The topological polar surface area (TPSA) is 51.5 Å². The molecule has 0 saturated carbocycles. The number of carbonyl (C=O) groups excluding carboxylic acids is 1. The van der Waals surface area contributed by atoms with E-state index >= 15 is 0 Å². The third-order valence-corrected chi connectivity index (χ3v) is 3.92. The smallest absolute Gasteiger partial charge is 0.419 e. The van der Waals surface area contributed by atoms with E-state index in [0.29, 0.717) is 23.7 Å². The van der Waals surface area contributed by atoms with Crippen molar-refractivity contribution in [3.8, 4) is 0 Å². The molecule has 26 heavy (non-hydrogen) atoms. The van der Waals surface area contributed by atoms with Gasteiger partial charge >= 0.3 is 6.09 Å². The number of rotatable bonds is 5. The number of aromatic nitrogens is 1. The predicted octanol–water partition coefficient (Wildman–Crippen LogP) is 5.58. The zero-order valence-corrected chi connectivity index (χ0v) is 15.6. The van der Waals surface area contributed by atoms with Crippen LogP contribution in [0.2, 0.25) is 0 Å². The summed E-state index contributed by atoms with van der Waals surface area (Å²) < 4.78 is 33.9. The molecule has 1 aromatic heterocycles. The summed E-state index contributed by atoms with van der Waals surface area (Å²) in [5, 5.41) is 10.5. The number of aliphatic hydroxyl groups excluding tert-OH is 1. The van der Waals surface area contributed by atoms with Gasteiger partial charge in [0.2, 0.25) is 0 Å². The van der Waals surface area contributed by atoms with E-state index in [1.54, 1.807) is 45.0 Å². The summed E-state index contributed by atoms with van der Waals surface area (Å²) in [5.74, 6) is 0. The van der Waals surface area contributed by atoms with Crippen LogP contribution in [0.25, 0.3) is 16.5 Å². The minimum atomic E-state index is -1.85. The maximum Gasteiger partial charge on any atom is 0.419 e. The summed E-state index contributed by atoms with van der Waals surface area (Å²) in [5.41, 5.74) is -0.226. The molecular formula is C20H25F2NO3. The van der Waals surface area contributed by atoms with E-state index in [1.165, 1.54) is 10.8 Å². The fourth-order valence-electron chi connectivity index (χ4n) is 2.84. The van der Waals surface area contributed by atoms with E-state index in [4.69, 9.17) is 4.74 Å². The summed E-state index contributed by atoms with van der Waals surface area (Å²) >= 11 is 0. The maximum atomic E-state index is 13.6. The first-order valence-corrected chi connectivity index (χ1v) is 8.70. The van der Waals surface area contributed by atoms with Crippen LogP contribution in [0.4, 0.5) is 13.6 Å². The largest absolute Gasteiger partial charge is 0.443 e. The van der Waals surface area contributed by atoms with Gasteiger partial charge in [0, 0.05) is 29.1 Å². The molecule has 0 amide bonds. The monoisotopic (exact) mass is 365 g/mol. The van der Waals surface area contributed by atoms with Crippen LogP contribution in [0, 0.1) is 0 Å². The molecule has 1 aromatic carbocycles.